The molecule has 2 amide bonds. The topological polar surface area (TPSA) is 102 Å². The molecule has 0 saturated heterocycles. The molecule has 124 valence electrons. The van der Waals surface area contributed by atoms with Crippen LogP contribution in [0, 0.1) is 17.8 Å². The molecule has 3 aliphatic rings. The quantitative estimate of drug-likeness (QED) is 0.735. The van der Waals surface area contributed by atoms with Gasteiger partial charge in [-0.3, -0.25) is 14.3 Å². The van der Waals surface area contributed by atoms with Gasteiger partial charge >= 0.3 is 0 Å². The molecule has 0 aromatic carbocycles. The van der Waals surface area contributed by atoms with Gasteiger partial charge in [-0.15, -0.1) is 0 Å². The first kappa shape index (κ1) is 14.7. The first-order chi connectivity index (χ1) is 11.1. The van der Waals surface area contributed by atoms with E-state index in [0.29, 0.717) is 23.6 Å². The smallest absolute Gasteiger partial charge is 0.241 e. The maximum atomic E-state index is 12.5. The summed E-state index contributed by atoms with van der Waals surface area (Å²) in [5, 5.41) is 9.97. The van der Waals surface area contributed by atoms with E-state index in [9.17, 15) is 9.59 Å². The summed E-state index contributed by atoms with van der Waals surface area (Å²) in [5.41, 5.74) is 6.84. The van der Waals surface area contributed by atoms with Gasteiger partial charge in [0.1, 0.15) is 6.54 Å². The predicted octanol–water partition coefficient (Wildman–Crippen LogP) is 0.474. The number of nitrogens with one attached hydrogen (secondary N) is 2. The number of rotatable bonds is 5. The Morgan fingerprint density at radius 3 is 2.74 bits per heavy atom. The van der Waals surface area contributed by atoms with Crippen molar-refractivity contribution in [2.45, 2.75) is 50.7 Å². The molecule has 1 aromatic heterocycles. The number of carbonyl (C=O) groups is 2. The summed E-state index contributed by atoms with van der Waals surface area (Å²) in [6, 6.07) is 0.324. The van der Waals surface area contributed by atoms with Crippen molar-refractivity contribution in [3.63, 3.8) is 0 Å². The number of carbonyl (C=O) groups excluding carboxylic acids is 2. The first-order valence-electron chi connectivity index (χ1n) is 8.48. The molecule has 4 N–H and O–H groups in total. The second kappa shape index (κ2) is 5.63. The molecule has 7 nitrogen and oxygen atoms in total. The van der Waals surface area contributed by atoms with Crippen molar-refractivity contribution < 1.29 is 9.59 Å². The molecule has 4 rings (SSSR count). The van der Waals surface area contributed by atoms with E-state index >= 15 is 0 Å². The van der Waals surface area contributed by atoms with Crippen molar-refractivity contribution in [2.75, 3.05) is 5.32 Å². The molecule has 1 heterocycles. The summed E-state index contributed by atoms with van der Waals surface area (Å²) in [6.07, 6.45) is 8.76. The van der Waals surface area contributed by atoms with E-state index in [1.807, 2.05) is 0 Å². The fraction of sp³-hybridized carbons (Fsp3) is 0.688. The molecule has 2 bridgehead atoms. The van der Waals surface area contributed by atoms with Gasteiger partial charge in [0.25, 0.3) is 0 Å². The fourth-order valence-corrected chi connectivity index (χ4v) is 4.11. The van der Waals surface area contributed by atoms with Gasteiger partial charge in [0.15, 0.2) is 0 Å². The molecule has 3 saturated carbocycles. The number of aromatic nitrogens is 2. The van der Waals surface area contributed by atoms with Crippen LogP contribution in [0.5, 0.6) is 0 Å². The molecule has 3 aliphatic carbocycles. The lowest BCUT2D eigenvalue weighted by molar-refractivity contribution is -0.122. The van der Waals surface area contributed by atoms with Crippen molar-refractivity contribution in [3.05, 3.63) is 12.4 Å². The van der Waals surface area contributed by atoms with Crippen molar-refractivity contribution in [1.29, 1.82) is 0 Å². The molecule has 23 heavy (non-hydrogen) atoms. The molecule has 7 heteroatoms. The van der Waals surface area contributed by atoms with Gasteiger partial charge in [-0.2, -0.15) is 5.10 Å². The molecule has 0 aliphatic heterocycles. The summed E-state index contributed by atoms with van der Waals surface area (Å²) in [6.45, 7) is 0.181. The molecule has 1 aromatic rings. The van der Waals surface area contributed by atoms with Crippen LogP contribution in [-0.4, -0.2) is 33.7 Å². The summed E-state index contributed by atoms with van der Waals surface area (Å²) in [5.74, 6) is 0.796. The number of amides is 2. The van der Waals surface area contributed by atoms with Crippen LogP contribution in [0.1, 0.15) is 32.1 Å². The summed E-state index contributed by atoms with van der Waals surface area (Å²) < 4.78 is 1.55. The van der Waals surface area contributed by atoms with Gasteiger partial charge in [0, 0.05) is 18.3 Å². The van der Waals surface area contributed by atoms with Crippen LogP contribution >= 0.6 is 0 Å². The van der Waals surface area contributed by atoms with Gasteiger partial charge in [-0.05, 0) is 43.9 Å². The first-order valence-corrected chi connectivity index (χ1v) is 8.48. The van der Waals surface area contributed by atoms with E-state index in [2.05, 4.69) is 15.7 Å². The van der Waals surface area contributed by atoms with Crippen LogP contribution in [-0.2, 0) is 16.1 Å². The number of hydrogen-bond acceptors (Lipinski definition) is 4. The third-order valence-corrected chi connectivity index (χ3v) is 5.43. The number of hydrogen-bond donors (Lipinski definition) is 3. The van der Waals surface area contributed by atoms with Crippen LogP contribution in [0.15, 0.2) is 12.4 Å². The van der Waals surface area contributed by atoms with Crippen LogP contribution in [0.3, 0.4) is 0 Å². The Hall–Kier alpha value is -1.89. The SMILES string of the molecule is NC1C2CCC(C2)C1C(=O)Nc1cnn(CC(=O)NC2CC2)c1. The van der Waals surface area contributed by atoms with Crippen molar-refractivity contribution in [2.24, 2.45) is 23.5 Å². The third-order valence-electron chi connectivity index (χ3n) is 5.43. The zero-order chi connectivity index (χ0) is 16.0. The van der Waals surface area contributed by atoms with E-state index in [1.54, 1.807) is 17.1 Å². The third kappa shape index (κ3) is 2.97. The highest BCUT2D eigenvalue weighted by molar-refractivity contribution is 5.93. The second-order valence-corrected chi connectivity index (χ2v) is 7.19. The Morgan fingerprint density at radius 1 is 1.26 bits per heavy atom. The van der Waals surface area contributed by atoms with E-state index in [4.69, 9.17) is 5.73 Å². The van der Waals surface area contributed by atoms with Crippen LogP contribution in [0.25, 0.3) is 0 Å². The highest BCUT2D eigenvalue weighted by Gasteiger charge is 2.49. The Balaban J connectivity index is 1.34. The summed E-state index contributed by atoms with van der Waals surface area (Å²) in [7, 11) is 0. The second-order valence-electron chi connectivity index (χ2n) is 7.19. The van der Waals surface area contributed by atoms with Crippen LogP contribution in [0.4, 0.5) is 5.69 Å². The number of anilines is 1. The van der Waals surface area contributed by atoms with Gasteiger partial charge in [0.2, 0.25) is 11.8 Å². The Morgan fingerprint density at radius 2 is 2.04 bits per heavy atom. The molecule has 0 spiro atoms. The molecule has 0 radical (unpaired) electrons. The molecule has 4 atom stereocenters. The Labute approximate surface area is 135 Å². The van der Waals surface area contributed by atoms with E-state index < -0.39 is 0 Å². The molecule has 4 unspecified atom stereocenters. The highest BCUT2D eigenvalue weighted by atomic mass is 16.2. The average Bonchev–Trinajstić information content (AvgIpc) is 2.92. The van der Waals surface area contributed by atoms with E-state index in [0.717, 1.165) is 32.1 Å². The zero-order valence-corrected chi connectivity index (χ0v) is 13.1. The molecular formula is C16H23N5O2. The van der Waals surface area contributed by atoms with Gasteiger partial charge in [-0.25, -0.2) is 0 Å². The minimum atomic E-state index is -0.0877. The number of nitrogens with two attached hydrogens (primary N) is 1. The molecular weight excluding hydrogens is 294 g/mol. The maximum absolute atomic E-state index is 12.5. The van der Waals surface area contributed by atoms with Gasteiger partial charge in [0.05, 0.1) is 17.8 Å². The van der Waals surface area contributed by atoms with Crippen molar-refractivity contribution in [1.82, 2.24) is 15.1 Å². The lowest BCUT2D eigenvalue weighted by Crippen LogP contribution is -2.42. The van der Waals surface area contributed by atoms with Crippen LogP contribution < -0.4 is 16.4 Å². The lowest BCUT2D eigenvalue weighted by atomic mass is 9.84. The predicted molar refractivity (Wildman–Crippen MR) is 84.3 cm³/mol. The van der Waals surface area contributed by atoms with Gasteiger partial charge < -0.3 is 16.4 Å². The normalized spacial score (nSPS) is 32.0. The van der Waals surface area contributed by atoms with E-state index in [1.165, 1.54) is 0 Å². The largest absolute Gasteiger partial charge is 0.352 e. The number of nitrogens with zero attached hydrogens (tertiary/aromatic N) is 2. The van der Waals surface area contributed by atoms with Crippen LogP contribution in [0.2, 0.25) is 0 Å². The zero-order valence-electron chi connectivity index (χ0n) is 13.1. The van der Waals surface area contributed by atoms with Crippen molar-refractivity contribution >= 4 is 17.5 Å². The van der Waals surface area contributed by atoms with Crippen molar-refractivity contribution in [3.8, 4) is 0 Å². The Bertz CT molecular complexity index is 622. The number of fused-ring (bicyclic) bond motifs is 2. The summed E-state index contributed by atoms with van der Waals surface area (Å²) >= 11 is 0. The lowest BCUT2D eigenvalue weighted by Gasteiger charge is -2.26. The fourth-order valence-electron chi connectivity index (χ4n) is 4.11. The minimum Gasteiger partial charge on any atom is -0.352 e. The maximum Gasteiger partial charge on any atom is 0.241 e. The van der Waals surface area contributed by atoms with E-state index in [-0.39, 0.29) is 30.3 Å². The average molecular weight is 317 g/mol. The monoisotopic (exact) mass is 317 g/mol. The standard InChI is InChI=1S/C16H23N5O2/c17-15-10-2-1-9(5-10)14(15)16(23)20-12-6-18-21(7-12)8-13(22)19-11-3-4-11/h6-7,9-11,14-15H,1-5,8,17H2,(H,19,22)(H,20,23). The van der Waals surface area contributed by atoms with Gasteiger partial charge in [-0.1, -0.05) is 0 Å². The molecule has 3 fully saturated rings. The highest BCUT2D eigenvalue weighted by Crippen LogP contribution is 2.47. The minimum absolute atomic E-state index is 0.00770. The summed E-state index contributed by atoms with van der Waals surface area (Å²) in [4.78, 5) is 24.3. The Kier molecular flexibility index (Phi) is 3.60.